The van der Waals surface area contributed by atoms with Crippen LogP contribution in [0.5, 0.6) is 0 Å². The highest BCUT2D eigenvalue weighted by atomic mass is 14.1. The third-order valence-corrected chi connectivity index (χ3v) is 7.88. The SMILES string of the molecule is C(=CC=Cc1cc2ccc3cccc4ccc(c1)c2c34)C=Cc1cc2ccc3cccc4ccc(c1)c2c34. The molecule has 0 aliphatic rings. The second kappa shape index (κ2) is 8.30. The van der Waals surface area contributed by atoms with E-state index in [1.165, 1.54) is 75.8 Å². The molecular formula is C38H24. The second-order valence-electron chi connectivity index (χ2n) is 10.2. The molecule has 0 saturated heterocycles. The molecule has 0 aliphatic heterocycles. The quantitative estimate of drug-likeness (QED) is 0.174. The highest BCUT2D eigenvalue weighted by Gasteiger charge is 2.09. The summed E-state index contributed by atoms with van der Waals surface area (Å²) in [6.07, 6.45) is 12.8. The van der Waals surface area contributed by atoms with E-state index in [0.717, 1.165) is 0 Å². The fourth-order valence-corrected chi connectivity index (χ4v) is 6.21. The third kappa shape index (κ3) is 3.31. The van der Waals surface area contributed by atoms with E-state index in [9.17, 15) is 0 Å². The summed E-state index contributed by atoms with van der Waals surface area (Å²) in [5.41, 5.74) is 2.44. The van der Waals surface area contributed by atoms with E-state index in [2.05, 4.69) is 146 Å². The summed E-state index contributed by atoms with van der Waals surface area (Å²) in [4.78, 5) is 0. The van der Waals surface area contributed by atoms with Gasteiger partial charge in [-0.15, -0.1) is 0 Å². The van der Waals surface area contributed by atoms with Crippen LogP contribution in [0.2, 0.25) is 0 Å². The van der Waals surface area contributed by atoms with Crippen LogP contribution in [0, 0.1) is 0 Å². The fraction of sp³-hybridized carbons (Fsp3) is 0. The number of hydrogen-bond acceptors (Lipinski definition) is 0. The molecule has 0 saturated carbocycles. The first-order chi connectivity index (χ1) is 18.8. The first-order valence-corrected chi connectivity index (χ1v) is 13.2. The topological polar surface area (TPSA) is 0 Å². The van der Waals surface area contributed by atoms with Gasteiger partial charge in [-0.2, -0.15) is 0 Å². The lowest BCUT2D eigenvalue weighted by Gasteiger charge is -2.11. The summed E-state index contributed by atoms with van der Waals surface area (Å²) in [5.74, 6) is 0. The third-order valence-electron chi connectivity index (χ3n) is 7.88. The Morgan fingerprint density at radius 3 is 0.921 bits per heavy atom. The Morgan fingerprint density at radius 1 is 0.289 bits per heavy atom. The largest absolute Gasteiger partial charge is 0.0622 e. The lowest BCUT2D eigenvalue weighted by Crippen LogP contribution is -1.84. The van der Waals surface area contributed by atoms with Crippen LogP contribution < -0.4 is 0 Å². The maximum atomic E-state index is 2.29. The minimum absolute atomic E-state index is 1.22. The van der Waals surface area contributed by atoms with Gasteiger partial charge in [-0.05, 0) is 100 Å². The van der Waals surface area contributed by atoms with Crippen molar-refractivity contribution in [1.29, 1.82) is 0 Å². The van der Waals surface area contributed by atoms with Crippen molar-refractivity contribution >= 4 is 76.8 Å². The first kappa shape index (κ1) is 21.2. The molecule has 176 valence electrons. The van der Waals surface area contributed by atoms with Gasteiger partial charge in [0.2, 0.25) is 0 Å². The fourth-order valence-electron chi connectivity index (χ4n) is 6.21. The molecule has 0 bridgehead atoms. The average molecular weight is 481 g/mol. The molecule has 0 unspecified atom stereocenters. The van der Waals surface area contributed by atoms with E-state index in [1.807, 2.05) is 0 Å². The molecule has 8 rings (SSSR count). The minimum Gasteiger partial charge on any atom is -0.0622 e. The molecule has 0 fully saturated rings. The smallest absolute Gasteiger partial charge is 0.00264 e. The summed E-state index contributed by atoms with van der Waals surface area (Å²) < 4.78 is 0. The molecule has 0 atom stereocenters. The molecule has 0 heteroatoms. The Balaban J connectivity index is 1.07. The van der Waals surface area contributed by atoms with Gasteiger partial charge in [-0.3, -0.25) is 0 Å². The van der Waals surface area contributed by atoms with Crippen LogP contribution in [0.15, 0.2) is 133 Å². The lowest BCUT2D eigenvalue weighted by atomic mass is 9.93. The van der Waals surface area contributed by atoms with E-state index >= 15 is 0 Å². The van der Waals surface area contributed by atoms with Crippen molar-refractivity contribution in [1.82, 2.24) is 0 Å². The van der Waals surface area contributed by atoms with Crippen LogP contribution in [0.4, 0.5) is 0 Å². The van der Waals surface area contributed by atoms with Gasteiger partial charge in [-0.1, -0.05) is 121 Å². The van der Waals surface area contributed by atoms with Crippen LogP contribution >= 0.6 is 0 Å². The van der Waals surface area contributed by atoms with Crippen molar-refractivity contribution in [3.05, 3.63) is 145 Å². The summed E-state index contributed by atoms with van der Waals surface area (Å²) in [6, 6.07) is 40.2. The van der Waals surface area contributed by atoms with Crippen LogP contribution in [0.3, 0.4) is 0 Å². The highest BCUT2D eigenvalue weighted by molar-refractivity contribution is 6.24. The van der Waals surface area contributed by atoms with Crippen molar-refractivity contribution in [3.8, 4) is 0 Å². The van der Waals surface area contributed by atoms with Crippen molar-refractivity contribution in [2.45, 2.75) is 0 Å². The summed E-state index contributed by atoms with van der Waals surface area (Å²) in [7, 11) is 0. The number of allylic oxidation sites excluding steroid dienone is 4. The maximum absolute atomic E-state index is 2.29. The zero-order valence-corrected chi connectivity index (χ0v) is 20.9. The second-order valence-corrected chi connectivity index (χ2v) is 10.2. The molecule has 8 aromatic rings. The molecule has 0 spiro atoms. The van der Waals surface area contributed by atoms with Crippen molar-refractivity contribution in [2.75, 3.05) is 0 Å². The van der Waals surface area contributed by atoms with Gasteiger partial charge in [0, 0.05) is 0 Å². The molecule has 0 heterocycles. The Bertz CT molecular complexity index is 1930. The van der Waals surface area contributed by atoms with Crippen molar-refractivity contribution in [2.24, 2.45) is 0 Å². The van der Waals surface area contributed by atoms with Crippen LogP contribution in [0.1, 0.15) is 11.1 Å². The Kier molecular flexibility index (Phi) is 4.62. The number of benzene rings is 8. The zero-order chi connectivity index (χ0) is 25.1. The van der Waals surface area contributed by atoms with Crippen LogP contribution in [-0.4, -0.2) is 0 Å². The molecular weight excluding hydrogens is 456 g/mol. The molecule has 0 aromatic heterocycles. The lowest BCUT2D eigenvalue weighted by molar-refractivity contribution is 1.73. The average Bonchev–Trinajstić information content (AvgIpc) is 2.96. The Hall–Kier alpha value is -4.94. The van der Waals surface area contributed by atoms with Crippen molar-refractivity contribution < 1.29 is 0 Å². The van der Waals surface area contributed by atoms with Gasteiger partial charge in [0.25, 0.3) is 0 Å². The molecule has 0 amide bonds. The van der Waals surface area contributed by atoms with E-state index in [4.69, 9.17) is 0 Å². The Morgan fingerprint density at radius 2 is 0.579 bits per heavy atom. The van der Waals surface area contributed by atoms with Gasteiger partial charge in [0.1, 0.15) is 0 Å². The number of rotatable bonds is 4. The van der Waals surface area contributed by atoms with Crippen LogP contribution in [-0.2, 0) is 0 Å². The molecule has 0 N–H and O–H groups in total. The summed E-state index contributed by atoms with van der Waals surface area (Å²) in [5, 5.41) is 15.9. The maximum Gasteiger partial charge on any atom is -0.00264 e. The Labute approximate surface area is 221 Å². The van der Waals surface area contributed by atoms with Gasteiger partial charge in [0.05, 0.1) is 0 Å². The van der Waals surface area contributed by atoms with Gasteiger partial charge in [0.15, 0.2) is 0 Å². The monoisotopic (exact) mass is 480 g/mol. The van der Waals surface area contributed by atoms with E-state index in [-0.39, 0.29) is 0 Å². The summed E-state index contributed by atoms with van der Waals surface area (Å²) >= 11 is 0. The zero-order valence-electron chi connectivity index (χ0n) is 20.9. The summed E-state index contributed by atoms with van der Waals surface area (Å²) in [6.45, 7) is 0. The molecule has 0 aliphatic carbocycles. The minimum atomic E-state index is 1.22. The van der Waals surface area contributed by atoms with Gasteiger partial charge in [-0.25, -0.2) is 0 Å². The van der Waals surface area contributed by atoms with E-state index < -0.39 is 0 Å². The first-order valence-electron chi connectivity index (χ1n) is 13.2. The van der Waals surface area contributed by atoms with E-state index in [0.29, 0.717) is 0 Å². The molecule has 8 aromatic carbocycles. The molecule has 0 radical (unpaired) electrons. The normalized spacial score (nSPS) is 12.9. The van der Waals surface area contributed by atoms with Crippen molar-refractivity contribution in [3.63, 3.8) is 0 Å². The standard InChI is InChI=1S/C38H24/c1(3-7-25-21-31-17-13-27-9-5-10-28-14-18-32(22-25)37(31)35(27)28)2-4-8-26-23-33-19-15-29-11-6-12-30-16-20-34(24-26)38(33)36(29)30/h1-24H. The van der Waals surface area contributed by atoms with Gasteiger partial charge >= 0.3 is 0 Å². The predicted molar refractivity (Wildman–Crippen MR) is 167 cm³/mol. The molecule has 0 nitrogen and oxygen atoms in total. The number of hydrogen-bond donors (Lipinski definition) is 0. The van der Waals surface area contributed by atoms with Crippen LogP contribution in [0.25, 0.3) is 76.8 Å². The highest BCUT2D eigenvalue weighted by Crippen LogP contribution is 2.36. The predicted octanol–water partition coefficient (Wildman–Crippen LogP) is 10.8. The van der Waals surface area contributed by atoms with Gasteiger partial charge < -0.3 is 0 Å². The van der Waals surface area contributed by atoms with E-state index in [1.54, 1.807) is 0 Å². The molecule has 38 heavy (non-hydrogen) atoms.